The predicted molar refractivity (Wildman–Crippen MR) is 138 cm³/mol. The van der Waals surface area contributed by atoms with E-state index in [1.54, 1.807) is 35.0 Å². The van der Waals surface area contributed by atoms with Crippen molar-refractivity contribution in [2.45, 2.75) is 45.6 Å². The predicted octanol–water partition coefficient (Wildman–Crippen LogP) is 2.60. The van der Waals surface area contributed by atoms with E-state index in [-0.39, 0.29) is 5.91 Å². The van der Waals surface area contributed by atoms with Gasteiger partial charge in [0.25, 0.3) is 5.91 Å². The zero-order chi connectivity index (χ0) is 25.3. The van der Waals surface area contributed by atoms with Crippen LogP contribution in [0.15, 0.2) is 30.3 Å². The molecule has 0 bridgehead atoms. The van der Waals surface area contributed by atoms with Gasteiger partial charge in [-0.3, -0.25) is 9.52 Å². The second-order valence-electron chi connectivity index (χ2n) is 9.67. The average molecular weight is 514 g/mol. The second kappa shape index (κ2) is 9.66. The molecule has 0 radical (unpaired) electrons. The van der Waals surface area contributed by atoms with Crippen molar-refractivity contribution in [2.75, 3.05) is 40.4 Å². The molecule has 36 heavy (non-hydrogen) atoms. The summed E-state index contributed by atoms with van der Waals surface area (Å²) in [6, 6.07) is 8.36. The molecule has 0 atom stereocenters. The zero-order valence-corrected chi connectivity index (χ0v) is 21.1. The standard InChI is InChI=1S/C24H31N7O4S/c1-2-11-31-22-19(27-29-31)5-6-21(25-22)26-23(33)18-4-3-17(28-36(34,35)15-14-32)16-20(18)30-12-9-24(7-8-24)10-13-30/h3-6,16,28,32H,2,7-15H2,1H3,(H,25,26,33). The number of nitrogens with zero attached hydrogens (tertiary/aromatic N) is 5. The molecule has 1 aliphatic carbocycles. The van der Waals surface area contributed by atoms with Gasteiger partial charge in [0.2, 0.25) is 10.0 Å². The van der Waals surface area contributed by atoms with E-state index >= 15 is 0 Å². The topological polar surface area (TPSA) is 142 Å². The Kier molecular flexibility index (Phi) is 6.56. The van der Waals surface area contributed by atoms with Crippen molar-refractivity contribution in [1.29, 1.82) is 0 Å². The molecule has 192 valence electrons. The van der Waals surface area contributed by atoms with E-state index in [0.717, 1.165) is 32.4 Å². The second-order valence-corrected chi connectivity index (χ2v) is 11.5. The molecule has 3 heterocycles. The number of aryl methyl sites for hydroxylation is 1. The van der Waals surface area contributed by atoms with E-state index in [2.05, 4.69) is 30.2 Å². The minimum Gasteiger partial charge on any atom is -0.395 e. The molecule has 1 aliphatic heterocycles. The van der Waals surface area contributed by atoms with Crippen LogP contribution in [0.25, 0.3) is 11.2 Å². The fourth-order valence-corrected chi connectivity index (χ4v) is 5.60. The van der Waals surface area contributed by atoms with Crippen molar-refractivity contribution in [3.05, 3.63) is 35.9 Å². The molecule has 2 aromatic heterocycles. The summed E-state index contributed by atoms with van der Waals surface area (Å²) in [5.74, 6) is -0.335. The minimum atomic E-state index is -3.69. The van der Waals surface area contributed by atoms with Crippen molar-refractivity contribution in [3.63, 3.8) is 0 Å². The van der Waals surface area contributed by atoms with Gasteiger partial charge in [0.15, 0.2) is 5.65 Å². The number of aliphatic hydroxyl groups excluding tert-OH is 1. The Labute approximate surface area is 209 Å². The van der Waals surface area contributed by atoms with Crippen molar-refractivity contribution in [1.82, 2.24) is 20.0 Å². The van der Waals surface area contributed by atoms with Gasteiger partial charge in [0.05, 0.1) is 29.3 Å². The lowest BCUT2D eigenvalue weighted by atomic mass is 9.93. The molecule has 3 aromatic rings. The summed E-state index contributed by atoms with van der Waals surface area (Å²) >= 11 is 0. The number of benzene rings is 1. The lowest BCUT2D eigenvalue weighted by Crippen LogP contribution is -2.35. The Morgan fingerprint density at radius 1 is 1.14 bits per heavy atom. The number of aliphatic hydroxyl groups is 1. The molecular formula is C24H31N7O4S. The van der Waals surface area contributed by atoms with Crippen LogP contribution >= 0.6 is 0 Å². The molecule has 2 fully saturated rings. The first-order valence-electron chi connectivity index (χ1n) is 12.3. The SMILES string of the molecule is CCCn1nnc2ccc(NC(=O)c3ccc(NS(=O)(=O)CCO)cc3N3CCC4(CC3)CC4)nc21. The summed E-state index contributed by atoms with van der Waals surface area (Å²) in [5.41, 5.74) is 3.18. The monoisotopic (exact) mass is 513 g/mol. The third kappa shape index (κ3) is 5.14. The molecule has 0 unspecified atom stereocenters. The Bertz CT molecular complexity index is 1370. The first-order valence-corrected chi connectivity index (χ1v) is 14.0. The number of hydrogen-bond acceptors (Lipinski definition) is 8. The molecule has 11 nitrogen and oxygen atoms in total. The average Bonchev–Trinajstić information content (AvgIpc) is 3.49. The van der Waals surface area contributed by atoms with Gasteiger partial charge < -0.3 is 15.3 Å². The lowest BCUT2D eigenvalue weighted by Gasteiger charge is -2.35. The molecule has 1 saturated carbocycles. The zero-order valence-electron chi connectivity index (χ0n) is 20.3. The fourth-order valence-electron chi connectivity index (χ4n) is 4.77. The van der Waals surface area contributed by atoms with Gasteiger partial charge in [0, 0.05) is 19.6 Å². The fraction of sp³-hybridized carbons (Fsp3) is 0.500. The number of hydrogen-bond donors (Lipinski definition) is 3. The first-order chi connectivity index (χ1) is 17.3. The Hall–Kier alpha value is -3.25. The van der Waals surface area contributed by atoms with Crippen LogP contribution in [-0.4, -0.2) is 64.9 Å². The van der Waals surface area contributed by atoms with Gasteiger partial charge in [0.1, 0.15) is 11.3 Å². The third-order valence-electron chi connectivity index (χ3n) is 7.03. The van der Waals surface area contributed by atoms with E-state index in [9.17, 15) is 13.2 Å². The maximum absolute atomic E-state index is 13.4. The van der Waals surface area contributed by atoms with Gasteiger partial charge in [-0.1, -0.05) is 12.1 Å². The molecule has 1 amide bonds. The summed E-state index contributed by atoms with van der Waals surface area (Å²) < 4.78 is 28.6. The van der Waals surface area contributed by atoms with Gasteiger partial charge >= 0.3 is 0 Å². The molecule has 3 N–H and O–H groups in total. The summed E-state index contributed by atoms with van der Waals surface area (Å²) in [6.45, 7) is 3.86. The number of rotatable bonds is 9. The number of fused-ring (bicyclic) bond motifs is 1. The highest BCUT2D eigenvalue weighted by Crippen LogP contribution is 2.54. The van der Waals surface area contributed by atoms with Gasteiger partial charge in [-0.15, -0.1) is 5.10 Å². The summed E-state index contributed by atoms with van der Waals surface area (Å²) in [6.07, 6.45) is 5.51. The van der Waals surface area contributed by atoms with Crippen molar-refractivity contribution >= 4 is 44.3 Å². The molecule has 12 heteroatoms. The first kappa shape index (κ1) is 24.4. The lowest BCUT2D eigenvalue weighted by molar-refractivity contribution is 0.102. The highest BCUT2D eigenvalue weighted by molar-refractivity contribution is 7.92. The number of sulfonamides is 1. The summed E-state index contributed by atoms with van der Waals surface area (Å²) in [7, 11) is -3.69. The van der Waals surface area contributed by atoms with Gasteiger partial charge in [-0.05, 0) is 67.9 Å². The smallest absolute Gasteiger partial charge is 0.258 e. The van der Waals surface area contributed by atoms with Crippen molar-refractivity contribution in [2.24, 2.45) is 5.41 Å². The van der Waals surface area contributed by atoms with Crippen LogP contribution in [0.2, 0.25) is 0 Å². The Balaban J connectivity index is 1.43. The summed E-state index contributed by atoms with van der Waals surface area (Å²) in [4.78, 5) is 20.1. The normalized spacial score (nSPS) is 16.9. The number of carbonyl (C=O) groups excluding carboxylic acids is 1. The van der Waals surface area contributed by atoms with Crippen LogP contribution in [0.5, 0.6) is 0 Å². The molecule has 5 rings (SSSR count). The Morgan fingerprint density at radius 2 is 1.92 bits per heavy atom. The number of carbonyl (C=O) groups is 1. The maximum Gasteiger partial charge on any atom is 0.258 e. The van der Waals surface area contributed by atoms with Crippen molar-refractivity contribution < 1.29 is 18.3 Å². The number of amides is 1. The Morgan fingerprint density at radius 3 is 2.61 bits per heavy atom. The van der Waals surface area contributed by atoms with Crippen LogP contribution in [0, 0.1) is 5.41 Å². The molecule has 1 saturated heterocycles. The van der Waals surface area contributed by atoms with Crippen LogP contribution in [0.4, 0.5) is 17.2 Å². The highest BCUT2D eigenvalue weighted by atomic mass is 32.2. The third-order valence-corrected chi connectivity index (χ3v) is 8.30. The van der Waals surface area contributed by atoms with Crippen LogP contribution in [0.3, 0.4) is 0 Å². The highest BCUT2D eigenvalue weighted by Gasteiger charge is 2.44. The van der Waals surface area contributed by atoms with E-state index in [4.69, 9.17) is 5.11 Å². The minimum absolute atomic E-state index is 0.331. The van der Waals surface area contributed by atoms with Crippen molar-refractivity contribution in [3.8, 4) is 0 Å². The van der Waals surface area contributed by atoms with Crippen LogP contribution < -0.4 is 14.9 Å². The molecule has 2 aliphatic rings. The van der Waals surface area contributed by atoms with Gasteiger partial charge in [-0.25, -0.2) is 18.1 Å². The van der Waals surface area contributed by atoms with Crippen LogP contribution in [0.1, 0.15) is 49.4 Å². The quantitative estimate of drug-likeness (QED) is 0.396. The van der Waals surface area contributed by atoms with Crippen LogP contribution in [-0.2, 0) is 16.6 Å². The number of aromatic nitrogens is 4. The molecular weight excluding hydrogens is 482 g/mol. The number of anilines is 3. The number of piperidine rings is 1. The number of nitrogens with one attached hydrogen (secondary N) is 2. The van der Waals surface area contributed by atoms with E-state index < -0.39 is 22.4 Å². The maximum atomic E-state index is 13.4. The molecule has 1 aromatic carbocycles. The van der Waals surface area contributed by atoms with Gasteiger partial charge in [-0.2, -0.15) is 0 Å². The van der Waals surface area contributed by atoms with E-state index in [0.29, 0.717) is 45.9 Å². The van der Waals surface area contributed by atoms with E-state index in [1.165, 1.54) is 12.8 Å². The molecule has 1 spiro atoms. The summed E-state index contributed by atoms with van der Waals surface area (Å²) in [5, 5.41) is 20.2. The number of pyridine rings is 1. The largest absolute Gasteiger partial charge is 0.395 e. The van der Waals surface area contributed by atoms with E-state index in [1.807, 2.05) is 6.92 Å².